The number of hydrogen-bond donors (Lipinski definition) is 1. The standard InChI is InChI=1S/C7H6Cl2N4/c1-2-3-4-10-6-5(8)12-13-7(9)11-6/h4H2,1H3,(H,10,11,13). The van der Waals surface area contributed by atoms with Crippen molar-refractivity contribution in [1.29, 1.82) is 0 Å². The number of halogens is 2. The van der Waals surface area contributed by atoms with E-state index in [1.165, 1.54) is 0 Å². The summed E-state index contributed by atoms with van der Waals surface area (Å²) in [4.78, 5) is 3.83. The third-order valence-electron chi connectivity index (χ3n) is 1.14. The second-order valence-electron chi connectivity index (χ2n) is 2.00. The van der Waals surface area contributed by atoms with E-state index in [4.69, 9.17) is 23.2 Å². The highest BCUT2D eigenvalue weighted by Crippen LogP contribution is 2.15. The Hall–Kier alpha value is -1.05. The summed E-state index contributed by atoms with van der Waals surface area (Å²) < 4.78 is 0. The molecule has 0 saturated heterocycles. The van der Waals surface area contributed by atoms with Crippen LogP contribution in [0.3, 0.4) is 0 Å². The molecular weight excluding hydrogens is 211 g/mol. The first-order chi connectivity index (χ1) is 6.24. The zero-order chi connectivity index (χ0) is 9.68. The molecule has 1 aromatic heterocycles. The van der Waals surface area contributed by atoms with Gasteiger partial charge >= 0.3 is 0 Å². The lowest BCUT2D eigenvalue weighted by atomic mass is 10.5. The quantitative estimate of drug-likeness (QED) is 0.764. The molecule has 0 atom stereocenters. The highest BCUT2D eigenvalue weighted by Gasteiger charge is 2.03. The van der Waals surface area contributed by atoms with Gasteiger partial charge in [-0.1, -0.05) is 17.5 Å². The Bertz CT molecular complexity index is 355. The number of rotatable bonds is 2. The first-order valence-electron chi connectivity index (χ1n) is 3.43. The molecule has 0 aliphatic carbocycles. The Kier molecular flexibility index (Phi) is 3.74. The predicted molar refractivity (Wildman–Crippen MR) is 51.8 cm³/mol. The van der Waals surface area contributed by atoms with Crippen molar-refractivity contribution >= 4 is 29.0 Å². The molecule has 0 bridgehead atoms. The van der Waals surface area contributed by atoms with Crippen LogP contribution in [0.4, 0.5) is 5.82 Å². The summed E-state index contributed by atoms with van der Waals surface area (Å²) >= 11 is 11.2. The molecule has 0 saturated carbocycles. The second-order valence-corrected chi connectivity index (χ2v) is 2.70. The van der Waals surface area contributed by atoms with Crippen LogP contribution in [0.2, 0.25) is 10.4 Å². The van der Waals surface area contributed by atoms with Crippen LogP contribution in [0.15, 0.2) is 0 Å². The molecule has 1 N–H and O–H groups in total. The van der Waals surface area contributed by atoms with Gasteiger partial charge in [-0.25, -0.2) is 0 Å². The summed E-state index contributed by atoms with van der Waals surface area (Å²) in [5, 5.41) is 10.1. The summed E-state index contributed by atoms with van der Waals surface area (Å²) in [5.41, 5.74) is 0. The Morgan fingerprint density at radius 2 is 2.15 bits per heavy atom. The molecule has 0 unspecified atom stereocenters. The molecular formula is C7H6Cl2N4. The Morgan fingerprint density at radius 3 is 2.85 bits per heavy atom. The zero-order valence-corrected chi connectivity index (χ0v) is 8.32. The largest absolute Gasteiger partial charge is 0.356 e. The molecule has 13 heavy (non-hydrogen) atoms. The third kappa shape index (κ3) is 3.05. The van der Waals surface area contributed by atoms with Gasteiger partial charge in [0.15, 0.2) is 11.0 Å². The van der Waals surface area contributed by atoms with Crippen LogP contribution in [0.25, 0.3) is 0 Å². The van der Waals surface area contributed by atoms with Crippen molar-refractivity contribution in [2.24, 2.45) is 0 Å². The maximum absolute atomic E-state index is 5.67. The second kappa shape index (κ2) is 4.85. The molecule has 0 radical (unpaired) electrons. The minimum Gasteiger partial charge on any atom is -0.356 e. The lowest BCUT2D eigenvalue weighted by Crippen LogP contribution is -2.04. The van der Waals surface area contributed by atoms with Crippen molar-refractivity contribution in [2.75, 3.05) is 11.9 Å². The molecule has 6 heteroatoms. The fraction of sp³-hybridized carbons (Fsp3) is 0.286. The van der Waals surface area contributed by atoms with Crippen LogP contribution in [-0.4, -0.2) is 21.7 Å². The lowest BCUT2D eigenvalue weighted by molar-refractivity contribution is 0.969. The molecule has 0 aliphatic rings. The van der Waals surface area contributed by atoms with Crippen LogP contribution < -0.4 is 5.32 Å². The fourth-order valence-corrected chi connectivity index (χ4v) is 0.891. The van der Waals surface area contributed by atoms with Crippen molar-refractivity contribution in [3.8, 4) is 11.8 Å². The molecule has 1 rings (SSSR count). The average Bonchev–Trinajstić information content (AvgIpc) is 2.11. The summed E-state index contributed by atoms with van der Waals surface area (Å²) in [5.74, 6) is 5.91. The van der Waals surface area contributed by atoms with E-state index in [1.807, 2.05) is 0 Å². The predicted octanol–water partition coefficient (Wildman–Crippen LogP) is 1.61. The van der Waals surface area contributed by atoms with Gasteiger partial charge in [0.1, 0.15) is 0 Å². The Morgan fingerprint density at radius 1 is 1.38 bits per heavy atom. The normalized spacial score (nSPS) is 8.85. The van der Waals surface area contributed by atoms with E-state index in [0.29, 0.717) is 12.4 Å². The Labute approximate surface area is 85.7 Å². The van der Waals surface area contributed by atoms with E-state index in [1.54, 1.807) is 6.92 Å². The van der Waals surface area contributed by atoms with E-state index in [-0.39, 0.29) is 10.4 Å². The number of nitrogens with one attached hydrogen (secondary N) is 1. The lowest BCUT2D eigenvalue weighted by Gasteiger charge is -2.01. The van der Waals surface area contributed by atoms with Crippen molar-refractivity contribution in [2.45, 2.75) is 6.92 Å². The molecule has 0 spiro atoms. The highest BCUT2D eigenvalue weighted by atomic mass is 35.5. The fourth-order valence-electron chi connectivity index (χ4n) is 0.622. The van der Waals surface area contributed by atoms with Crippen LogP contribution in [0, 0.1) is 11.8 Å². The third-order valence-corrected chi connectivity index (χ3v) is 1.56. The van der Waals surface area contributed by atoms with Crippen LogP contribution in [0.5, 0.6) is 0 Å². The molecule has 4 nitrogen and oxygen atoms in total. The summed E-state index contributed by atoms with van der Waals surface area (Å²) in [6, 6.07) is 0. The summed E-state index contributed by atoms with van der Waals surface area (Å²) in [6.07, 6.45) is 0. The van der Waals surface area contributed by atoms with Crippen LogP contribution in [-0.2, 0) is 0 Å². The zero-order valence-electron chi connectivity index (χ0n) is 6.80. The highest BCUT2D eigenvalue weighted by molar-refractivity contribution is 6.32. The minimum absolute atomic E-state index is 0.0522. The Balaban J connectivity index is 2.73. The number of aromatic nitrogens is 3. The molecule has 1 aromatic rings. The molecule has 1 heterocycles. The van der Waals surface area contributed by atoms with E-state index in [0.717, 1.165) is 0 Å². The van der Waals surface area contributed by atoms with Gasteiger partial charge in [0.05, 0.1) is 6.54 Å². The van der Waals surface area contributed by atoms with Crippen molar-refractivity contribution in [1.82, 2.24) is 15.2 Å². The molecule has 0 fully saturated rings. The van der Waals surface area contributed by atoms with E-state index in [2.05, 4.69) is 32.3 Å². The first kappa shape index (κ1) is 10.0. The maximum Gasteiger partial charge on any atom is 0.245 e. The number of hydrogen-bond acceptors (Lipinski definition) is 4. The van der Waals surface area contributed by atoms with Gasteiger partial charge < -0.3 is 5.32 Å². The summed E-state index contributed by atoms with van der Waals surface area (Å²) in [7, 11) is 0. The van der Waals surface area contributed by atoms with Gasteiger partial charge in [-0.15, -0.1) is 16.1 Å². The first-order valence-corrected chi connectivity index (χ1v) is 4.19. The monoisotopic (exact) mass is 216 g/mol. The maximum atomic E-state index is 5.67. The molecule has 0 aromatic carbocycles. The SMILES string of the molecule is CC#CCNc1nc(Cl)nnc1Cl. The van der Waals surface area contributed by atoms with Gasteiger partial charge in [0.25, 0.3) is 0 Å². The van der Waals surface area contributed by atoms with E-state index < -0.39 is 0 Å². The van der Waals surface area contributed by atoms with Crippen molar-refractivity contribution in [3.63, 3.8) is 0 Å². The minimum atomic E-state index is 0.0522. The molecule has 0 aliphatic heterocycles. The molecule has 0 amide bonds. The summed E-state index contributed by atoms with van der Waals surface area (Å²) in [6.45, 7) is 2.19. The van der Waals surface area contributed by atoms with E-state index >= 15 is 0 Å². The van der Waals surface area contributed by atoms with Gasteiger partial charge in [-0.2, -0.15) is 4.98 Å². The van der Waals surface area contributed by atoms with Crippen LogP contribution >= 0.6 is 23.2 Å². The topological polar surface area (TPSA) is 50.7 Å². The van der Waals surface area contributed by atoms with Gasteiger partial charge in [-0.3, -0.25) is 0 Å². The smallest absolute Gasteiger partial charge is 0.245 e. The molecule has 68 valence electrons. The van der Waals surface area contributed by atoms with Gasteiger partial charge in [0, 0.05) is 0 Å². The average molecular weight is 217 g/mol. The van der Waals surface area contributed by atoms with E-state index in [9.17, 15) is 0 Å². The van der Waals surface area contributed by atoms with Gasteiger partial charge in [-0.05, 0) is 18.5 Å². The van der Waals surface area contributed by atoms with Crippen molar-refractivity contribution < 1.29 is 0 Å². The van der Waals surface area contributed by atoms with Crippen LogP contribution in [0.1, 0.15) is 6.92 Å². The van der Waals surface area contributed by atoms with Crippen molar-refractivity contribution in [3.05, 3.63) is 10.4 Å². The number of anilines is 1. The van der Waals surface area contributed by atoms with Gasteiger partial charge in [0.2, 0.25) is 5.28 Å². The number of nitrogens with zero attached hydrogens (tertiary/aromatic N) is 3.